The summed E-state index contributed by atoms with van der Waals surface area (Å²) in [5.41, 5.74) is 9.16. The van der Waals surface area contributed by atoms with Gasteiger partial charge in [-0.2, -0.15) is 0 Å². The maximum Gasteiger partial charge on any atom is 0.335 e. The molecule has 1 atom stereocenters. The highest BCUT2D eigenvalue weighted by molar-refractivity contribution is 6.01. The van der Waals surface area contributed by atoms with Crippen LogP contribution in [0.4, 0.5) is 5.69 Å². The smallest absolute Gasteiger partial charge is 0.335 e. The van der Waals surface area contributed by atoms with Gasteiger partial charge in [0.25, 0.3) is 0 Å². The fraction of sp³-hybridized carbons (Fsp3) is 0.222. The third-order valence-electron chi connectivity index (χ3n) is 3.84. The fourth-order valence-electron chi connectivity index (χ4n) is 2.52. The number of hydrogen-bond donors (Lipinski definition) is 2. The largest absolute Gasteiger partial charge is 0.490 e. The molecule has 1 unspecified atom stereocenters. The molecule has 3 N–H and O–H groups in total. The maximum atomic E-state index is 11.0. The molecule has 2 aromatic rings. The first kappa shape index (κ1) is 18.6. The van der Waals surface area contributed by atoms with Crippen LogP contribution >= 0.6 is 12.4 Å². The van der Waals surface area contributed by atoms with Crippen LogP contribution in [0.25, 0.3) is 0 Å². The summed E-state index contributed by atoms with van der Waals surface area (Å²) in [5.74, 6) is -0.332. The second-order valence-electron chi connectivity index (χ2n) is 5.68. The van der Waals surface area contributed by atoms with E-state index in [1.807, 2.05) is 24.3 Å². The molecule has 132 valence electrons. The van der Waals surface area contributed by atoms with Gasteiger partial charge >= 0.3 is 5.97 Å². The Labute approximate surface area is 151 Å². The molecule has 1 heterocycles. The molecular weight excluding hydrogens is 344 g/mol. The minimum absolute atomic E-state index is 0. The Morgan fingerprint density at radius 1 is 1.32 bits per heavy atom. The molecule has 1 aliphatic rings. The van der Waals surface area contributed by atoms with Crippen molar-refractivity contribution in [3.63, 3.8) is 0 Å². The van der Waals surface area contributed by atoms with Crippen LogP contribution in [0.5, 0.6) is 5.75 Å². The van der Waals surface area contributed by atoms with Crippen LogP contribution in [-0.4, -0.2) is 29.5 Å². The number of anilines is 1. The highest BCUT2D eigenvalue weighted by Crippen LogP contribution is 2.21. The van der Waals surface area contributed by atoms with Crippen molar-refractivity contribution in [1.29, 1.82) is 0 Å². The SMILES string of the molecule is Cc1cc(OCC2CC(c3ccc(N)cc3)=NO2)ccc1C(=O)O.Cl. The number of carbonyl (C=O) groups is 1. The van der Waals surface area contributed by atoms with Gasteiger partial charge in [0.15, 0.2) is 6.10 Å². The summed E-state index contributed by atoms with van der Waals surface area (Å²) in [4.78, 5) is 16.4. The van der Waals surface area contributed by atoms with Crippen molar-refractivity contribution in [3.05, 3.63) is 59.2 Å². The van der Waals surface area contributed by atoms with E-state index in [1.54, 1.807) is 25.1 Å². The summed E-state index contributed by atoms with van der Waals surface area (Å²) >= 11 is 0. The van der Waals surface area contributed by atoms with E-state index in [2.05, 4.69) is 5.16 Å². The molecule has 0 bridgehead atoms. The number of hydrogen-bond acceptors (Lipinski definition) is 5. The van der Waals surface area contributed by atoms with E-state index in [-0.39, 0.29) is 24.1 Å². The summed E-state index contributed by atoms with van der Waals surface area (Å²) in [7, 11) is 0. The highest BCUT2D eigenvalue weighted by Gasteiger charge is 2.23. The number of carboxylic acid groups (broad SMARTS) is 1. The van der Waals surface area contributed by atoms with Crippen LogP contribution in [0.3, 0.4) is 0 Å². The summed E-state index contributed by atoms with van der Waals surface area (Å²) < 4.78 is 5.70. The van der Waals surface area contributed by atoms with Crippen molar-refractivity contribution >= 4 is 29.8 Å². The van der Waals surface area contributed by atoms with E-state index in [0.717, 1.165) is 11.3 Å². The molecule has 0 saturated carbocycles. The number of halogens is 1. The Bertz CT molecular complexity index is 790. The van der Waals surface area contributed by atoms with Crippen LogP contribution in [-0.2, 0) is 4.84 Å². The van der Waals surface area contributed by atoms with Crippen LogP contribution in [0.15, 0.2) is 47.6 Å². The summed E-state index contributed by atoms with van der Waals surface area (Å²) in [6.07, 6.45) is 0.479. The van der Waals surface area contributed by atoms with E-state index < -0.39 is 5.97 Å². The predicted octanol–water partition coefficient (Wildman–Crippen LogP) is 3.27. The second kappa shape index (κ2) is 7.90. The minimum Gasteiger partial charge on any atom is -0.490 e. The molecule has 1 aliphatic heterocycles. The van der Waals surface area contributed by atoms with Crippen LogP contribution in [0.1, 0.15) is 27.9 Å². The Balaban J connectivity index is 0.00000225. The van der Waals surface area contributed by atoms with Crippen LogP contribution in [0.2, 0.25) is 0 Å². The van der Waals surface area contributed by atoms with Gasteiger partial charge in [0.2, 0.25) is 0 Å². The lowest BCUT2D eigenvalue weighted by Gasteiger charge is -2.11. The van der Waals surface area contributed by atoms with Crippen molar-refractivity contribution in [2.75, 3.05) is 12.3 Å². The first-order chi connectivity index (χ1) is 11.5. The molecule has 7 heteroatoms. The molecule has 0 aromatic heterocycles. The van der Waals surface area contributed by atoms with E-state index in [0.29, 0.717) is 30.0 Å². The normalized spacial score (nSPS) is 15.7. The minimum atomic E-state index is -0.945. The van der Waals surface area contributed by atoms with Gasteiger partial charge in [-0.25, -0.2) is 4.79 Å². The van der Waals surface area contributed by atoms with Gasteiger partial charge in [0, 0.05) is 12.1 Å². The van der Waals surface area contributed by atoms with Crippen molar-refractivity contribution in [3.8, 4) is 5.75 Å². The van der Waals surface area contributed by atoms with E-state index in [1.165, 1.54) is 0 Å². The molecular formula is C18H19ClN2O4. The number of carboxylic acids is 1. The van der Waals surface area contributed by atoms with Gasteiger partial charge < -0.3 is 20.4 Å². The number of ether oxygens (including phenoxy) is 1. The number of benzene rings is 2. The number of aromatic carboxylic acids is 1. The molecule has 0 saturated heterocycles. The summed E-state index contributed by atoms with van der Waals surface area (Å²) in [6.45, 7) is 2.08. The first-order valence-corrected chi connectivity index (χ1v) is 7.58. The number of nitrogens with zero attached hydrogens (tertiary/aromatic N) is 1. The van der Waals surface area contributed by atoms with Gasteiger partial charge in [0.1, 0.15) is 12.4 Å². The average molecular weight is 363 g/mol. The van der Waals surface area contributed by atoms with Gasteiger partial charge in [-0.1, -0.05) is 17.3 Å². The van der Waals surface area contributed by atoms with Gasteiger partial charge in [-0.3, -0.25) is 0 Å². The maximum absolute atomic E-state index is 11.0. The zero-order chi connectivity index (χ0) is 17.1. The van der Waals surface area contributed by atoms with E-state index in [9.17, 15) is 4.79 Å². The summed E-state index contributed by atoms with van der Waals surface area (Å²) in [5, 5.41) is 13.1. The van der Waals surface area contributed by atoms with E-state index in [4.69, 9.17) is 20.4 Å². The number of oxime groups is 1. The van der Waals surface area contributed by atoms with Crippen molar-refractivity contribution in [2.24, 2.45) is 5.16 Å². The molecule has 0 fully saturated rings. The average Bonchev–Trinajstić information content (AvgIpc) is 3.02. The van der Waals surface area contributed by atoms with Gasteiger partial charge in [0.05, 0.1) is 11.3 Å². The third-order valence-corrected chi connectivity index (χ3v) is 3.84. The Hall–Kier alpha value is -2.73. The lowest BCUT2D eigenvalue weighted by atomic mass is 10.1. The van der Waals surface area contributed by atoms with E-state index >= 15 is 0 Å². The van der Waals surface area contributed by atoms with Gasteiger partial charge in [-0.15, -0.1) is 12.4 Å². The van der Waals surface area contributed by atoms with Crippen LogP contribution < -0.4 is 10.5 Å². The number of rotatable bonds is 5. The molecule has 2 aromatic carbocycles. The molecule has 0 amide bonds. The lowest BCUT2D eigenvalue weighted by Crippen LogP contribution is -2.18. The zero-order valence-corrected chi connectivity index (χ0v) is 14.5. The first-order valence-electron chi connectivity index (χ1n) is 7.58. The van der Waals surface area contributed by atoms with Crippen molar-refractivity contribution in [1.82, 2.24) is 0 Å². The quantitative estimate of drug-likeness (QED) is 0.796. The van der Waals surface area contributed by atoms with Crippen molar-refractivity contribution < 1.29 is 19.5 Å². The van der Waals surface area contributed by atoms with Crippen molar-refractivity contribution in [2.45, 2.75) is 19.4 Å². The highest BCUT2D eigenvalue weighted by atomic mass is 35.5. The fourth-order valence-corrected chi connectivity index (χ4v) is 2.52. The number of nitrogens with two attached hydrogens (primary N) is 1. The Kier molecular flexibility index (Phi) is 5.88. The van der Waals surface area contributed by atoms with Gasteiger partial charge in [-0.05, 0) is 48.4 Å². The molecule has 25 heavy (non-hydrogen) atoms. The molecule has 6 nitrogen and oxygen atoms in total. The third kappa shape index (κ3) is 4.42. The Morgan fingerprint density at radius 2 is 2.04 bits per heavy atom. The lowest BCUT2D eigenvalue weighted by molar-refractivity contribution is 0.0470. The summed E-state index contributed by atoms with van der Waals surface area (Å²) in [6, 6.07) is 12.4. The van der Waals surface area contributed by atoms with Crippen LogP contribution in [0, 0.1) is 6.92 Å². The topological polar surface area (TPSA) is 94.1 Å². The number of nitrogen functional groups attached to an aromatic ring is 1. The molecule has 3 rings (SSSR count). The Morgan fingerprint density at radius 3 is 2.68 bits per heavy atom. The molecule has 0 radical (unpaired) electrons. The monoisotopic (exact) mass is 362 g/mol. The number of aryl methyl sites for hydroxylation is 1. The molecule has 0 aliphatic carbocycles. The zero-order valence-electron chi connectivity index (χ0n) is 13.6. The molecule has 0 spiro atoms. The predicted molar refractivity (Wildman–Crippen MR) is 97.8 cm³/mol. The standard InChI is InChI=1S/C18H18N2O4.ClH/c1-11-8-14(6-7-16(11)18(21)22)23-10-15-9-17(20-24-15)12-2-4-13(19)5-3-12;/h2-8,15H,9-10,19H2,1H3,(H,21,22);1H. The second-order valence-corrected chi connectivity index (χ2v) is 5.68.